The summed E-state index contributed by atoms with van der Waals surface area (Å²) in [5.74, 6) is 1.82. The van der Waals surface area contributed by atoms with Crippen molar-refractivity contribution in [3.05, 3.63) is 18.2 Å². The van der Waals surface area contributed by atoms with E-state index in [4.69, 9.17) is 10.5 Å². The molecule has 0 amide bonds. The quantitative estimate of drug-likeness (QED) is 0.817. The van der Waals surface area contributed by atoms with E-state index in [0.29, 0.717) is 0 Å². The fourth-order valence-corrected chi connectivity index (χ4v) is 2.91. The second-order valence-corrected chi connectivity index (χ2v) is 6.30. The van der Waals surface area contributed by atoms with Crippen LogP contribution in [0.3, 0.4) is 0 Å². The molecule has 1 aromatic rings. The smallest absolute Gasteiger partial charge is 0.144 e. The molecule has 1 aromatic carbocycles. The maximum atomic E-state index is 5.99. The third kappa shape index (κ3) is 3.82. The van der Waals surface area contributed by atoms with Crippen LogP contribution in [0.25, 0.3) is 0 Å². The fraction of sp³-hybridized carbons (Fsp3) is 0.647. The summed E-state index contributed by atoms with van der Waals surface area (Å²) in [5, 5.41) is 0. The normalized spacial score (nSPS) is 19.8. The number of ether oxygens (including phenoxy) is 1. The van der Waals surface area contributed by atoms with E-state index in [9.17, 15) is 0 Å². The summed E-state index contributed by atoms with van der Waals surface area (Å²) in [7, 11) is 0. The maximum absolute atomic E-state index is 5.99. The lowest BCUT2D eigenvalue weighted by Gasteiger charge is -2.36. The Morgan fingerprint density at radius 2 is 1.95 bits per heavy atom. The van der Waals surface area contributed by atoms with Gasteiger partial charge in [-0.15, -0.1) is 0 Å². The molecule has 116 valence electrons. The van der Waals surface area contributed by atoms with Gasteiger partial charge in [-0.05, 0) is 37.3 Å². The van der Waals surface area contributed by atoms with Gasteiger partial charge >= 0.3 is 0 Å². The van der Waals surface area contributed by atoms with E-state index in [0.717, 1.165) is 43.5 Å². The van der Waals surface area contributed by atoms with E-state index in [1.165, 1.54) is 38.2 Å². The summed E-state index contributed by atoms with van der Waals surface area (Å²) in [4.78, 5) is 5.06. The van der Waals surface area contributed by atoms with Gasteiger partial charge in [-0.1, -0.05) is 6.92 Å². The number of anilines is 2. The minimum Gasteiger partial charge on any atom is -0.491 e. The lowest BCUT2D eigenvalue weighted by atomic mass is 10.2. The second-order valence-electron chi connectivity index (χ2n) is 6.30. The van der Waals surface area contributed by atoms with Crippen LogP contribution in [0.15, 0.2) is 18.2 Å². The molecule has 1 heterocycles. The van der Waals surface area contributed by atoms with Crippen molar-refractivity contribution in [3.8, 4) is 5.75 Å². The highest BCUT2D eigenvalue weighted by atomic mass is 16.5. The molecule has 4 nitrogen and oxygen atoms in total. The molecule has 0 spiro atoms. The van der Waals surface area contributed by atoms with Crippen LogP contribution < -0.4 is 15.4 Å². The van der Waals surface area contributed by atoms with Crippen molar-refractivity contribution in [3.63, 3.8) is 0 Å². The second kappa shape index (κ2) is 6.56. The summed E-state index contributed by atoms with van der Waals surface area (Å²) >= 11 is 0. The third-order valence-electron chi connectivity index (χ3n) is 4.41. The maximum Gasteiger partial charge on any atom is 0.144 e. The number of nitrogens with zero attached hydrogens (tertiary/aromatic N) is 2. The molecule has 4 heteroatoms. The first kappa shape index (κ1) is 14.5. The first-order chi connectivity index (χ1) is 10.3. The van der Waals surface area contributed by atoms with Gasteiger partial charge in [0.15, 0.2) is 0 Å². The molecule has 0 radical (unpaired) electrons. The molecule has 0 unspecified atom stereocenters. The summed E-state index contributed by atoms with van der Waals surface area (Å²) < 4.78 is 5.74. The first-order valence-electron chi connectivity index (χ1n) is 8.26. The average Bonchev–Trinajstić information content (AvgIpc) is 3.31. The van der Waals surface area contributed by atoms with Crippen LogP contribution in [0.2, 0.25) is 0 Å². The minimum atomic E-state index is 0.725. The van der Waals surface area contributed by atoms with Crippen molar-refractivity contribution in [1.29, 1.82) is 0 Å². The van der Waals surface area contributed by atoms with Crippen LogP contribution in [0, 0.1) is 5.92 Å². The Labute approximate surface area is 127 Å². The summed E-state index contributed by atoms with van der Waals surface area (Å²) in [6.45, 7) is 8.69. The standard InChI is InChI=1S/C17H27N3O/c1-2-11-21-17-12-15(5-6-16(17)18)20-9-7-19(8-10-20)13-14-3-4-14/h5-6,12,14H,2-4,7-11,13,18H2,1H3. The number of hydrogen-bond donors (Lipinski definition) is 1. The lowest BCUT2D eigenvalue weighted by Crippen LogP contribution is -2.47. The van der Waals surface area contributed by atoms with Crippen molar-refractivity contribution in [2.75, 3.05) is 50.0 Å². The molecule has 2 N–H and O–H groups in total. The van der Waals surface area contributed by atoms with Crippen molar-refractivity contribution in [2.24, 2.45) is 5.92 Å². The Morgan fingerprint density at radius 3 is 2.62 bits per heavy atom. The van der Waals surface area contributed by atoms with E-state index >= 15 is 0 Å². The highest BCUT2D eigenvalue weighted by Crippen LogP contribution is 2.31. The van der Waals surface area contributed by atoms with Gasteiger partial charge in [-0.3, -0.25) is 4.90 Å². The Morgan fingerprint density at radius 1 is 1.19 bits per heavy atom. The van der Waals surface area contributed by atoms with Crippen LogP contribution in [0.5, 0.6) is 5.75 Å². The van der Waals surface area contributed by atoms with Gasteiger partial charge in [-0.25, -0.2) is 0 Å². The molecular weight excluding hydrogens is 262 g/mol. The number of benzene rings is 1. The molecule has 2 fully saturated rings. The molecule has 0 atom stereocenters. The number of hydrogen-bond acceptors (Lipinski definition) is 4. The Bertz CT molecular complexity index is 465. The van der Waals surface area contributed by atoms with Crippen molar-refractivity contribution < 1.29 is 4.74 Å². The van der Waals surface area contributed by atoms with Gasteiger partial charge in [0.25, 0.3) is 0 Å². The lowest BCUT2D eigenvalue weighted by molar-refractivity contribution is 0.248. The Kier molecular flexibility index (Phi) is 4.54. The van der Waals surface area contributed by atoms with Crippen LogP contribution >= 0.6 is 0 Å². The molecule has 21 heavy (non-hydrogen) atoms. The molecule has 1 saturated carbocycles. The number of nitrogen functional groups attached to an aromatic ring is 1. The van der Waals surface area contributed by atoms with Gasteiger partial charge < -0.3 is 15.4 Å². The van der Waals surface area contributed by atoms with Gasteiger partial charge in [0.05, 0.1) is 12.3 Å². The van der Waals surface area contributed by atoms with E-state index < -0.39 is 0 Å². The van der Waals surface area contributed by atoms with E-state index in [2.05, 4.69) is 28.9 Å². The highest BCUT2D eigenvalue weighted by Gasteiger charge is 2.26. The van der Waals surface area contributed by atoms with Crippen molar-refractivity contribution >= 4 is 11.4 Å². The van der Waals surface area contributed by atoms with Gasteiger partial charge in [0.2, 0.25) is 0 Å². The molecule has 1 aliphatic heterocycles. The van der Waals surface area contributed by atoms with Crippen molar-refractivity contribution in [2.45, 2.75) is 26.2 Å². The number of piperazine rings is 1. The van der Waals surface area contributed by atoms with Crippen LogP contribution in [-0.2, 0) is 0 Å². The van der Waals surface area contributed by atoms with E-state index in [1.807, 2.05) is 6.07 Å². The molecule has 1 aliphatic carbocycles. The van der Waals surface area contributed by atoms with Crippen molar-refractivity contribution in [1.82, 2.24) is 4.90 Å². The predicted octanol–water partition coefficient (Wildman–Crippen LogP) is 2.59. The molecule has 1 saturated heterocycles. The fourth-order valence-electron chi connectivity index (χ4n) is 2.91. The van der Waals surface area contributed by atoms with Crippen LogP contribution in [0.1, 0.15) is 26.2 Å². The molecule has 3 rings (SSSR count). The zero-order chi connectivity index (χ0) is 14.7. The molecular formula is C17H27N3O. The minimum absolute atomic E-state index is 0.725. The SMILES string of the molecule is CCCOc1cc(N2CCN(CC3CC3)CC2)ccc1N. The zero-order valence-corrected chi connectivity index (χ0v) is 13.1. The first-order valence-corrected chi connectivity index (χ1v) is 8.26. The van der Waals surface area contributed by atoms with Gasteiger partial charge in [-0.2, -0.15) is 0 Å². The van der Waals surface area contributed by atoms with Gasteiger partial charge in [0.1, 0.15) is 5.75 Å². The molecule has 0 bridgehead atoms. The largest absolute Gasteiger partial charge is 0.491 e. The van der Waals surface area contributed by atoms with E-state index in [-0.39, 0.29) is 0 Å². The average molecular weight is 289 g/mol. The third-order valence-corrected chi connectivity index (χ3v) is 4.41. The predicted molar refractivity (Wildman–Crippen MR) is 88.0 cm³/mol. The monoisotopic (exact) mass is 289 g/mol. The van der Waals surface area contributed by atoms with Crippen LogP contribution in [0.4, 0.5) is 11.4 Å². The topological polar surface area (TPSA) is 41.7 Å². The molecule has 0 aromatic heterocycles. The zero-order valence-electron chi connectivity index (χ0n) is 13.1. The van der Waals surface area contributed by atoms with E-state index in [1.54, 1.807) is 0 Å². The summed E-state index contributed by atoms with van der Waals surface area (Å²) in [6, 6.07) is 6.18. The number of rotatable bonds is 6. The Hall–Kier alpha value is -1.42. The Balaban J connectivity index is 1.58. The molecule has 2 aliphatic rings. The van der Waals surface area contributed by atoms with Crippen LogP contribution in [-0.4, -0.2) is 44.2 Å². The summed E-state index contributed by atoms with van der Waals surface area (Å²) in [5.41, 5.74) is 7.96. The van der Waals surface area contributed by atoms with Gasteiger partial charge in [0, 0.05) is 44.5 Å². The number of nitrogens with two attached hydrogens (primary N) is 1. The summed E-state index contributed by atoms with van der Waals surface area (Å²) in [6.07, 6.45) is 3.89. The highest BCUT2D eigenvalue weighted by molar-refractivity contribution is 5.62.